The number of hydrogen-bond donors (Lipinski definition) is 1. The first-order chi connectivity index (χ1) is 8.91. The van der Waals surface area contributed by atoms with Crippen molar-refractivity contribution in [3.05, 3.63) is 35.4 Å². The normalized spacial score (nSPS) is 14.2. The first-order valence-electron chi connectivity index (χ1n) is 6.77. The molecule has 1 atom stereocenters. The standard InChI is InChI=1S/C16H25NO2/c1-12(2)9-13-5-7-14(8-6-13)16(3,11-17)10-15(18)19-4/h5-8,12H,9-11,17H2,1-4H3. The molecule has 1 aromatic rings. The highest BCUT2D eigenvalue weighted by molar-refractivity contribution is 5.71. The van der Waals surface area contributed by atoms with Crippen LogP contribution in [-0.2, 0) is 21.4 Å². The molecule has 0 saturated carbocycles. The van der Waals surface area contributed by atoms with Crippen LogP contribution in [-0.4, -0.2) is 19.6 Å². The fourth-order valence-corrected chi connectivity index (χ4v) is 2.20. The zero-order chi connectivity index (χ0) is 14.5. The van der Waals surface area contributed by atoms with Gasteiger partial charge < -0.3 is 10.5 Å². The van der Waals surface area contributed by atoms with Crippen molar-refractivity contribution in [2.45, 2.75) is 39.0 Å². The Morgan fingerprint density at radius 1 is 1.32 bits per heavy atom. The number of esters is 1. The average molecular weight is 263 g/mol. The van der Waals surface area contributed by atoms with Gasteiger partial charge in [-0.25, -0.2) is 0 Å². The molecule has 0 heterocycles. The van der Waals surface area contributed by atoms with Gasteiger partial charge in [-0.15, -0.1) is 0 Å². The minimum atomic E-state index is -0.358. The van der Waals surface area contributed by atoms with Gasteiger partial charge in [0.15, 0.2) is 0 Å². The summed E-state index contributed by atoms with van der Waals surface area (Å²) in [6.07, 6.45) is 1.38. The van der Waals surface area contributed by atoms with Crippen molar-refractivity contribution < 1.29 is 9.53 Å². The van der Waals surface area contributed by atoms with E-state index in [4.69, 9.17) is 10.5 Å². The fraction of sp³-hybridized carbons (Fsp3) is 0.562. The summed E-state index contributed by atoms with van der Waals surface area (Å²) in [6, 6.07) is 8.40. The monoisotopic (exact) mass is 263 g/mol. The Morgan fingerprint density at radius 2 is 1.89 bits per heavy atom. The van der Waals surface area contributed by atoms with Crippen LogP contribution in [0.25, 0.3) is 0 Å². The highest BCUT2D eigenvalue weighted by Gasteiger charge is 2.28. The number of benzene rings is 1. The molecule has 2 N–H and O–H groups in total. The van der Waals surface area contributed by atoms with Crippen LogP contribution in [0.3, 0.4) is 0 Å². The molecule has 0 saturated heterocycles. The number of hydrogen-bond acceptors (Lipinski definition) is 3. The Hall–Kier alpha value is -1.35. The first kappa shape index (κ1) is 15.7. The molecule has 0 fully saturated rings. The van der Waals surface area contributed by atoms with Crippen LogP contribution < -0.4 is 5.73 Å². The Bertz CT molecular complexity index is 411. The number of carbonyl (C=O) groups is 1. The van der Waals surface area contributed by atoms with Gasteiger partial charge >= 0.3 is 5.97 Å². The van der Waals surface area contributed by atoms with E-state index in [0.29, 0.717) is 18.9 Å². The van der Waals surface area contributed by atoms with E-state index in [-0.39, 0.29) is 11.4 Å². The summed E-state index contributed by atoms with van der Waals surface area (Å²) in [4.78, 5) is 11.5. The second-order valence-corrected chi connectivity index (χ2v) is 5.81. The van der Waals surface area contributed by atoms with E-state index < -0.39 is 0 Å². The highest BCUT2D eigenvalue weighted by atomic mass is 16.5. The quantitative estimate of drug-likeness (QED) is 0.803. The number of carbonyl (C=O) groups excluding carboxylic acids is 1. The number of rotatable bonds is 6. The Balaban J connectivity index is 2.89. The SMILES string of the molecule is COC(=O)CC(C)(CN)c1ccc(CC(C)C)cc1. The largest absolute Gasteiger partial charge is 0.469 e. The van der Waals surface area contributed by atoms with Crippen molar-refractivity contribution in [1.29, 1.82) is 0 Å². The molecular weight excluding hydrogens is 238 g/mol. The van der Waals surface area contributed by atoms with Crippen molar-refractivity contribution in [2.75, 3.05) is 13.7 Å². The van der Waals surface area contributed by atoms with Gasteiger partial charge in [0.25, 0.3) is 0 Å². The predicted molar refractivity (Wildman–Crippen MR) is 78.0 cm³/mol. The van der Waals surface area contributed by atoms with Gasteiger partial charge in [0.1, 0.15) is 0 Å². The maximum atomic E-state index is 11.5. The van der Waals surface area contributed by atoms with Gasteiger partial charge in [-0.3, -0.25) is 4.79 Å². The lowest BCUT2D eigenvalue weighted by atomic mass is 9.79. The van der Waals surface area contributed by atoms with Crippen LogP contribution in [0.4, 0.5) is 0 Å². The summed E-state index contributed by atoms with van der Waals surface area (Å²) in [5.41, 5.74) is 7.90. The van der Waals surface area contributed by atoms with Crippen LogP contribution in [0.5, 0.6) is 0 Å². The van der Waals surface area contributed by atoms with Crippen LogP contribution in [0.15, 0.2) is 24.3 Å². The van der Waals surface area contributed by atoms with Crippen molar-refractivity contribution in [1.82, 2.24) is 0 Å². The Kier molecular flexibility index (Phi) is 5.55. The van der Waals surface area contributed by atoms with E-state index in [2.05, 4.69) is 38.1 Å². The molecule has 0 aliphatic heterocycles. The third-order valence-corrected chi connectivity index (χ3v) is 3.51. The predicted octanol–water partition coefficient (Wildman–Crippen LogP) is 2.66. The molecule has 0 amide bonds. The van der Waals surface area contributed by atoms with Gasteiger partial charge in [-0.1, -0.05) is 45.0 Å². The maximum Gasteiger partial charge on any atom is 0.306 e. The third-order valence-electron chi connectivity index (χ3n) is 3.51. The molecule has 0 aromatic heterocycles. The van der Waals surface area contributed by atoms with Gasteiger partial charge in [-0.05, 0) is 23.5 Å². The maximum absolute atomic E-state index is 11.5. The highest BCUT2D eigenvalue weighted by Crippen LogP contribution is 2.27. The number of methoxy groups -OCH3 is 1. The molecule has 19 heavy (non-hydrogen) atoms. The van der Waals surface area contributed by atoms with Crippen molar-refractivity contribution >= 4 is 5.97 Å². The van der Waals surface area contributed by atoms with E-state index in [0.717, 1.165) is 12.0 Å². The second kappa shape index (κ2) is 6.71. The van der Waals surface area contributed by atoms with Crippen LogP contribution in [0, 0.1) is 5.92 Å². The van der Waals surface area contributed by atoms with Gasteiger partial charge in [0, 0.05) is 12.0 Å². The summed E-state index contributed by atoms with van der Waals surface area (Å²) >= 11 is 0. The Morgan fingerprint density at radius 3 is 2.32 bits per heavy atom. The first-order valence-corrected chi connectivity index (χ1v) is 6.77. The van der Waals surface area contributed by atoms with Gasteiger partial charge in [0.05, 0.1) is 13.5 Å². The number of ether oxygens (including phenoxy) is 1. The summed E-state index contributed by atoms with van der Waals surface area (Å²) in [5, 5.41) is 0. The van der Waals surface area contributed by atoms with Crippen LogP contribution in [0.1, 0.15) is 38.3 Å². The summed E-state index contributed by atoms with van der Waals surface area (Å²) in [5.74, 6) is 0.418. The molecule has 106 valence electrons. The fourth-order valence-electron chi connectivity index (χ4n) is 2.20. The molecule has 0 radical (unpaired) electrons. The lowest BCUT2D eigenvalue weighted by Gasteiger charge is -2.27. The van der Waals surface area contributed by atoms with Crippen LogP contribution >= 0.6 is 0 Å². The van der Waals surface area contributed by atoms with Crippen molar-refractivity contribution in [3.8, 4) is 0 Å². The van der Waals surface area contributed by atoms with Crippen LogP contribution in [0.2, 0.25) is 0 Å². The summed E-state index contributed by atoms with van der Waals surface area (Å²) < 4.78 is 4.75. The van der Waals surface area contributed by atoms with Gasteiger partial charge in [0.2, 0.25) is 0 Å². The molecule has 1 unspecified atom stereocenters. The Labute approximate surface area is 116 Å². The lowest BCUT2D eigenvalue weighted by Crippen LogP contribution is -2.34. The van der Waals surface area contributed by atoms with Gasteiger partial charge in [-0.2, -0.15) is 0 Å². The molecule has 3 nitrogen and oxygen atoms in total. The molecule has 1 rings (SSSR count). The molecule has 3 heteroatoms. The minimum absolute atomic E-state index is 0.223. The third kappa shape index (κ3) is 4.35. The summed E-state index contributed by atoms with van der Waals surface area (Å²) in [6.45, 7) is 6.83. The molecule has 0 spiro atoms. The van der Waals surface area contributed by atoms with Crippen molar-refractivity contribution in [2.24, 2.45) is 11.7 Å². The minimum Gasteiger partial charge on any atom is -0.469 e. The molecular formula is C16H25NO2. The molecule has 0 aliphatic rings. The van der Waals surface area contributed by atoms with E-state index in [9.17, 15) is 4.79 Å². The van der Waals surface area contributed by atoms with E-state index in [1.165, 1.54) is 12.7 Å². The van der Waals surface area contributed by atoms with Crippen molar-refractivity contribution in [3.63, 3.8) is 0 Å². The molecule has 1 aromatic carbocycles. The van der Waals surface area contributed by atoms with E-state index in [1.54, 1.807) is 0 Å². The summed E-state index contributed by atoms with van der Waals surface area (Å²) in [7, 11) is 1.41. The average Bonchev–Trinajstić information content (AvgIpc) is 2.38. The van der Waals surface area contributed by atoms with E-state index in [1.807, 2.05) is 6.92 Å². The zero-order valence-electron chi connectivity index (χ0n) is 12.4. The number of nitrogens with two attached hydrogens (primary N) is 1. The van der Waals surface area contributed by atoms with E-state index >= 15 is 0 Å². The molecule has 0 bridgehead atoms. The topological polar surface area (TPSA) is 52.3 Å². The smallest absolute Gasteiger partial charge is 0.306 e. The molecule has 0 aliphatic carbocycles. The zero-order valence-corrected chi connectivity index (χ0v) is 12.4. The second-order valence-electron chi connectivity index (χ2n) is 5.81. The lowest BCUT2D eigenvalue weighted by molar-refractivity contribution is -0.141.